The lowest BCUT2D eigenvalue weighted by molar-refractivity contribution is 0.413. The minimum atomic E-state index is 0.776. The molecule has 3 nitrogen and oxygen atoms in total. The smallest absolute Gasteiger partial charge is 0.137 e. The molecule has 1 aromatic carbocycles. The van der Waals surface area contributed by atoms with E-state index in [9.17, 15) is 0 Å². The number of aromatic nitrogens is 1. The lowest BCUT2D eigenvalue weighted by Crippen LogP contribution is -2.08. The standard InChI is InChI=1S/C14H16N2O/c1-16(2)13-6-4-5-11(7-13)12-8-14(17-3)10-15-9-12/h4-10H,1-3H3. The number of methoxy groups -OCH3 is 1. The second-order valence-corrected chi connectivity index (χ2v) is 4.06. The van der Waals surface area contributed by atoms with Gasteiger partial charge in [-0.15, -0.1) is 0 Å². The van der Waals surface area contributed by atoms with Crippen LogP contribution in [-0.2, 0) is 0 Å². The van der Waals surface area contributed by atoms with Gasteiger partial charge in [0.2, 0.25) is 0 Å². The van der Waals surface area contributed by atoms with Gasteiger partial charge in [-0.1, -0.05) is 12.1 Å². The first-order valence-corrected chi connectivity index (χ1v) is 5.47. The van der Waals surface area contributed by atoms with Gasteiger partial charge in [-0.25, -0.2) is 0 Å². The fourth-order valence-electron chi connectivity index (χ4n) is 1.65. The van der Waals surface area contributed by atoms with Crippen LogP contribution in [0.2, 0.25) is 0 Å². The average Bonchev–Trinajstić information content (AvgIpc) is 2.39. The zero-order valence-corrected chi connectivity index (χ0v) is 10.3. The summed E-state index contributed by atoms with van der Waals surface area (Å²) in [5.74, 6) is 0.776. The molecule has 0 saturated heterocycles. The highest BCUT2D eigenvalue weighted by molar-refractivity contribution is 5.68. The predicted molar refractivity (Wildman–Crippen MR) is 70.6 cm³/mol. The summed E-state index contributed by atoms with van der Waals surface area (Å²) in [7, 11) is 5.71. The molecule has 0 atom stereocenters. The SMILES string of the molecule is COc1cncc(-c2cccc(N(C)C)c2)c1. The van der Waals surface area contributed by atoms with Crippen molar-refractivity contribution in [3.05, 3.63) is 42.7 Å². The minimum Gasteiger partial charge on any atom is -0.495 e. The van der Waals surface area contributed by atoms with Crippen LogP contribution in [-0.4, -0.2) is 26.2 Å². The van der Waals surface area contributed by atoms with Crippen molar-refractivity contribution in [1.29, 1.82) is 0 Å². The Morgan fingerprint density at radius 2 is 1.88 bits per heavy atom. The van der Waals surface area contributed by atoms with Crippen LogP contribution in [0.25, 0.3) is 11.1 Å². The van der Waals surface area contributed by atoms with Gasteiger partial charge in [-0.2, -0.15) is 0 Å². The molecule has 3 heteroatoms. The molecule has 0 aliphatic rings. The van der Waals surface area contributed by atoms with Crippen LogP contribution >= 0.6 is 0 Å². The largest absolute Gasteiger partial charge is 0.495 e. The van der Waals surface area contributed by atoms with Gasteiger partial charge in [-0.05, 0) is 23.8 Å². The fourth-order valence-corrected chi connectivity index (χ4v) is 1.65. The Morgan fingerprint density at radius 3 is 2.59 bits per heavy atom. The second kappa shape index (κ2) is 4.87. The minimum absolute atomic E-state index is 0.776. The highest BCUT2D eigenvalue weighted by Crippen LogP contribution is 2.25. The monoisotopic (exact) mass is 228 g/mol. The first-order valence-electron chi connectivity index (χ1n) is 5.47. The van der Waals surface area contributed by atoms with Gasteiger partial charge in [0.1, 0.15) is 5.75 Å². The van der Waals surface area contributed by atoms with Crippen LogP contribution in [0.1, 0.15) is 0 Å². The van der Waals surface area contributed by atoms with Crippen LogP contribution in [0, 0.1) is 0 Å². The topological polar surface area (TPSA) is 25.4 Å². The fraction of sp³-hybridized carbons (Fsp3) is 0.214. The molecule has 88 valence electrons. The van der Waals surface area contributed by atoms with Crippen LogP contribution in [0.5, 0.6) is 5.75 Å². The number of anilines is 1. The Kier molecular flexibility index (Phi) is 3.28. The van der Waals surface area contributed by atoms with Crippen molar-refractivity contribution in [3.8, 4) is 16.9 Å². The Hall–Kier alpha value is -2.03. The summed E-state index contributed by atoms with van der Waals surface area (Å²) in [6.45, 7) is 0. The van der Waals surface area contributed by atoms with Gasteiger partial charge in [0.25, 0.3) is 0 Å². The van der Waals surface area contributed by atoms with Crippen molar-refractivity contribution in [2.24, 2.45) is 0 Å². The number of hydrogen-bond donors (Lipinski definition) is 0. The molecule has 0 N–H and O–H groups in total. The normalized spacial score (nSPS) is 10.1. The predicted octanol–water partition coefficient (Wildman–Crippen LogP) is 2.82. The summed E-state index contributed by atoms with van der Waals surface area (Å²) in [6.07, 6.45) is 3.55. The molecule has 0 spiro atoms. The van der Waals surface area contributed by atoms with Crippen LogP contribution in [0.3, 0.4) is 0 Å². The lowest BCUT2D eigenvalue weighted by Gasteiger charge is -2.13. The molecule has 17 heavy (non-hydrogen) atoms. The third-order valence-electron chi connectivity index (χ3n) is 2.64. The van der Waals surface area contributed by atoms with Gasteiger partial charge in [0.05, 0.1) is 13.3 Å². The van der Waals surface area contributed by atoms with Crippen molar-refractivity contribution in [1.82, 2.24) is 4.98 Å². The highest BCUT2D eigenvalue weighted by atomic mass is 16.5. The number of hydrogen-bond acceptors (Lipinski definition) is 3. The van der Waals surface area contributed by atoms with Gasteiger partial charge in [-0.3, -0.25) is 4.98 Å². The molecule has 2 aromatic rings. The first-order chi connectivity index (χ1) is 8.20. The Morgan fingerprint density at radius 1 is 1.06 bits per heavy atom. The van der Waals surface area contributed by atoms with Gasteiger partial charge in [0, 0.05) is 31.5 Å². The van der Waals surface area contributed by atoms with E-state index in [1.54, 1.807) is 13.3 Å². The van der Waals surface area contributed by atoms with E-state index in [1.165, 1.54) is 5.69 Å². The molecule has 0 amide bonds. The Labute approximate surface area is 102 Å². The highest BCUT2D eigenvalue weighted by Gasteiger charge is 2.02. The van der Waals surface area contributed by atoms with Gasteiger partial charge < -0.3 is 9.64 Å². The molecule has 0 aliphatic carbocycles. The van der Waals surface area contributed by atoms with E-state index in [0.29, 0.717) is 0 Å². The lowest BCUT2D eigenvalue weighted by atomic mass is 10.1. The summed E-state index contributed by atoms with van der Waals surface area (Å²) in [4.78, 5) is 6.25. The van der Waals surface area contributed by atoms with Crippen LogP contribution < -0.4 is 9.64 Å². The number of nitrogens with zero attached hydrogens (tertiary/aromatic N) is 2. The van der Waals surface area contributed by atoms with E-state index in [2.05, 4.69) is 28.1 Å². The number of rotatable bonds is 3. The Balaban J connectivity index is 2.41. The molecule has 0 unspecified atom stereocenters. The third-order valence-corrected chi connectivity index (χ3v) is 2.64. The van der Waals surface area contributed by atoms with Crippen molar-refractivity contribution in [2.75, 3.05) is 26.1 Å². The van der Waals surface area contributed by atoms with E-state index >= 15 is 0 Å². The van der Waals surface area contributed by atoms with Crippen LogP contribution in [0.15, 0.2) is 42.7 Å². The van der Waals surface area contributed by atoms with E-state index in [1.807, 2.05) is 32.4 Å². The quantitative estimate of drug-likeness (QED) is 0.807. The molecule has 2 rings (SSSR count). The average molecular weight is 228 g/mol. The number of benzene rings is 1. The summed E-state index contributed by atoms with van der Waals surface area (Å²) in [6, 6.07) is 10.3. The zero-order chi connectivity index (χ0) is 12.3. The molecule has 0 fully saturated rings. The van der Waals surface area contributed by atoms with Crippen molar-refractivity contribution >= 4 is 5.69 Å². The summed E-state index contributed by atoms with van der Waals surface area (Å²) < 4.78 is 5.18. The zero-order valence-electron chi connectivity index (χ0n) is 10.3. The Bertz CT molecular complexity index is 509. The maximum Gasteiger partial charge on any atom is 0.137 e. The van der Waals surface area contributed by atoms with E-state index in [-0.39, 0.29) is 0 Å². The molecular weight excluding hydrogens is 212 g/mol. The number of ether oxygens (including phenoxy) is 1. The summed E-state index contributed by atoms with van der Waals surface area (Å²) in [5.41, 5.74) is 3.38. The van der Waals surface area contributed by atoms with Gasteiger partial charge >= 0.3 is 0 Å². The third kappa shape index (κ3) is 2.56. The van der Waals surface area contributed by atoms with Crippen molar-refractivity contribution < 1.29 is 4.74 Å². The van der Waals surface area contributed by atoms with E-state index < -0.39 is 0 Å². The molecule has 0 radical (unpaired) electrons. The summed E-state index contributed by atoms with van der Waals surface area (Å²) >= 11 is 0. The van der Waals surface area contributed by atoms with Crippen molar-refractivity contribution in [3.63, 3.8) is 0 Å². The maximum absolute atomic E-state index is 5.18. The summed E-state index contributed by atoms with van der Waals surface area (Å²) in [5, 5.41) is 0. The number of pyridine rings is 1. The van der Waals surface area contributed by atoms with Crippen molar-refractivity contribution in [2.45, 2.75) is 0 Å². The molecule has 1 aromatic heterocycles. The first kappa shape index (κ1) is 11.5. The molecule has 0 bridgehead atoms. The van der Waals surface area contributed by atoms with E-state index in [0.717, 1.165) is 16.9 Å². The van der Waals surface area contributed by atoms with Crippen LogP contribution in [0.4, 0.5) is 5.69 Å². The van der Waals surface area contributed by atoms with Gasteiger partial charge in [0.15, 0.2) is 0 Å². The van der Waals surface area contributed by atoms with E-state index in [4.69, 9.17) is 4.74 Å². The molecule has 0 aliphatic heterocycles. The second-order valence-electron chi connectivity index (χ2n) is 4.06. The molecule has 0 saturated carbocycles. The molecular formula is C14H16N2O. The maximum atomic E-state index is 5.18. The molecule has 1 heterocycles.